The lowest BCUT2D eigenvalue weighted by Gasteiger charge is -2.36. The van der Waals surface area contributed by atoms with Crippen LogP contribution in [0.25, 0.3) is 0 Å². The van der Waals surface area contributed by atoms with E-state index in [1.165, 1.54) is 0 Å². The predicted molar refractivity (Wildman–Crippen MR) is 77.7 cm³/mol. The predicted octanol–water partition coefficient (Wildman–Crippen LogP) is 1.41. The summed E-state index contributed by atoms with van der Waals surface area (Å²) < 4.78 is 0. The summed E-state index contributed by atoms with van der Waals surface area (Å²) in [6.45, 7) is 6.52. The van der Waals surface area contributed by atoms with E-state index in [-0.39, 0.29) is 12.1 Å². The number of hydrogen-bond donors (Lipinski definition) is 3. The molecule has 1 saturated heterocycles. The van der Waals surface area contributed by atoms with E-state index < -0.39 is 11.5 Å². The molecule has 3 unspecified atom stereocenters. The summed E-state index contributed by atoms with van der Waals surface area (Å²) in [6.07, 6.45) is 2.90. The van der Waals surface area contributed by atoms with Crippen LogP contribution >= 0.6 is 0 Å². The number of hydrogen-bond acceptors (Lipinski definition) is 3. The van der Waals surface area contributed by atoms with Crippen LogP contribution < -0.4 is 10.6 Å². The average molecular weight is 285 g/mol. The number of carboxylic acid groups (broad SMARTS) is 1. The number of carbonyl (C=O) groups is 2. The maximum Gasteiger partial charge on any atom is 0.329 e. The lowest BCUT2D eigenvalue weighted by molar-refractivity contribution is -0.144. The quantitative estimate of drug-likeness (QED) is 0.713. The number of piperidine rings is 1. The third-order valence-corrected chi connectivity index (χ3v) is 4.16. The molecular weight excluding hydrogens is 258 g/mol. The fourth-order valence-corrected chi connectivity index (χ4v) is 2.62. The lowest BCUT2D eigenvalue weighted by atomic mass is 9.96. The van der Waals surface area contributed by atoms with Crippen LogP contribution in [0.2, 0.25) is 0 Å². The van der Waals surface area contributed by atoms with Gasteiger partial charge in [0, 0.05) is 18.6 Å². The fourth-order valence-electron chi connectivity index (χ4n) is 2.62. The third-order valence-electron chi connectivity index (χ3n) is 4.16. The molecule has 3 atom stereocenters. The third kappa shape index (κ3) is 4.37. The van der Waals surface area contributed by atoms with E-state index >= 15 is 0 Å². The molecular formula is C14H27N3O3. The second-order valence-electron chi connectivity index (χ2n) is 6.04. The normalized spacial score (nSPS) is 26.6. The Bertz CT molecular complexity index is 362. The van der Waals surface area contributed by atoms with Crippen molar-refractivity contribution in [2.45, 2.75) is 64.1 Å². The smallest absolute Gasteiger partial charge is 0.329 e. The molecule has 0 aromatic rings. The Hall–Kier alpha value is -1.30. The zero-order chi connectivity index (χ0) is 15.3. The highest BCUT2D eigenvalue weighted by atomic mass is 16.4. The zero-order valence-corrected chi connectivity index (χ0v) is 12.9. The number of carbonyl (C=O) groups excluding carboxylic acids is 1. The van der Waals surface area contributed by atoms with Crippen LogP contribution in [-0.4, -0.2) is 53.2 Å². The Kier molecular flexibility index (Phi) is 5.80. The molecule has 20 heavy (non-hydrogen) atoms. The molecule has 0 aromatic heterocycles. The fraction of sp³-hybridized carbons (Fsp3) is 0.857. The Morgan fingerprint density at radius 3 is 2.60 bits per heavy atom. The van der Waals surface area contributed by atoms with E-state index in [0.29, 0.717) is 18.9 Å². The highest BCUT2D eigenvalue weighted by molar-refractivity contribution is 5.85. The standard InChI is InChI=1S/C14H27N3O3/c1-5-7-14(3,12(18)19)16-13(20)15-11-6-8-17(4)10(2)9-11/h10-11H,5-9H2,1-4H3,(H,18,19)(H2,15,16,20). The molecule has 0 saturated carbocycles. The van der Waals surface area contributed by atoms with Crippen molar-refractivity contribution in [1.82, 2.24) is 15.5 Å². The first-order chi connectivity index (χ1) is 9.28. The van der Waals surface area contributed by atoms with Gasteiger partial charge in [0.25, 0.3) is 0 Å². The molecule has 1 aliphatic heterocycles. The second-order valence-corrected chi connectivity index (χ2v) is 6.04. The van der Waals surface area contributed by atoms with Crippen LogP contribution in [0, 0.1) is 0 Å². The van der Waals surface area contributed by atoms with Crippen molar-refractivity contribution in [2.24, 2.45) is 0 Å². The summed E-state index contributed by atoms with van der Waals surface area (Å²) in [7, 11) is 2.07. The molecule has 0 spiro atoms. The molecule has 1 heterocycles. The van der Waals surface area contributed by atoms with Crippen molar-refractivity contribution in [1.29, 1.82) is 0 Å². The number of aliphatic carboxylic acids is 1. The largest absolute Gasteiger partial charge is 0.480 e. The van der Waals surface area contributed by atoms with Gasteiger partial charge in [0.2, 0.25) is 0 Å². The van der Waals surface area contributed by atoms with Gasteiger partial charge in [-0.3, -0.25) is 0 Å². The Morgan fingerprint density at radius 1 is 1.45 bits per heavy atom. The molecule has 1 fully saturated rings. The minimum atomic E-state index is -1.20. The van der Waals surface area contributed by atoms with E-state index in [0.717, 1.165) is 19.4 Å². The minimum absolute atomic E-state index is 0.112. The maximum atomic E-state index is 12.0. The maximum absolute atomic E-state index is 12.0. The number of amides is 2. The van der Waals surface area contributed by atoms with Gasteiger partial charge < -0.3 is 20.6 Å². The number of carboxylic acids is 1. The number of nitrogens with zero attached hydrogens (tertiary/aromatic N) is 1. The topological polar surface area (TPSA) is 81.7 Å². The SMILES string of the molecule is CCCC(C)(NC(=O)NC1CCN(C)C(C)C1)C(=O)O. The van der Waals surface area contributed by atoms with Crippen LogP contribution in [0.5, 0.6) is 0 Å². The number of nitrogens with one attached hydrogen (secondary N) is 2. The second kappa shape index (κ2) is 6.92. The number of likely N-dealkylation sites (tertiary alicyclic amines) is 1. The molecule has 1 rings (SSSR count). The molecule has 0 bridgehead atoms. The summed E-state index contributed by atoms with van der Waals surface area (Å²) in [4.78, 5) is 25.5. The van der Waals surface area contributed by atoms with Gasteiger partial charge in [-0.25, -0.2) is 9.59 Å². The van der Waals surface area contributed by atoms with Crippen LogP contribution in [0.15, 0.2) is 0 Å². The van der Waals surface area contributed by atoms with E-state index in [4.69, 9.17) is 0 Å². The molecule has 0 radical (unpaired) electrons. The van der Waals surface area contributed by atoms with E-state index in [1.54, 1.807) is 6.92 Å². The van der Waals surface area contributed by atoms with Crippen molar-refractivity contribution in [3.8, 4) is 0 Å². The molecule has 116 valence electrons. The molecule has 6 heteroatoms. The summed E-state index contributed by atoms with van der Waals surface area (Å²) in [6, 6.07) is 0.154. The highest BCUT2D eigenvalue weighted by Gasteiger charge is 2.34. The first-order valence-electron chi connectivity index (χ1n) is 7.30. The van der Waals surface area contributed by atoms with Crippen molar-refractivity contribution >= 4 is 12.0 Å². The van der Waals surface area contributed by atoms with Crippen molar-refractivity contribution in [2.75, 3.05) is 13.6 Å². The first kappa shape index (κ1) is 16.8. The lowest BCUT2D eigenvalue weighted by Crippen LogP contribution is -2.58. The number of urea groups is 1. The van der Waals surface area contributed by atoms with Gasteiger partial charge in [-0.15, -0.1) is 0 Å². The zero-order valence-electron chi connectivity index (χ0n) is 12.9. The van der Waals surface area contributed by atoms with Crippen LogP contribution in [0.1, 0.15) is 46.5 Å². The van der Waals surface area contributed by atoms with E-state index in [9.17, 15) is 14.7 Å². The van der Waals surface area contributed by atoms with Crippen molar-refractivity contribution < 1.29 is 14.7 Å². The van der Waals surface area contributed by atoms with Gasteiger partial charge >= 0.3 is 12.0 Å². The summed E-state index contributed by atoms with van der Waals surface area (Å²) >= 11 is 0. The Labute approximate surface area is 120 Å². The van der Waals surface area contributed by atoms with E-state index in [2.05, 4.69) is 29.5 Å². The summed E-state index contributed by atoms with van der Waals surface area (Å²) in [5, 5.41) is 14.7. The Morgan fingerprint density at radius 2 is 2.10 bits per heavy atom. The molecule has 3 N–H and O–H groups in total. The highest BCUT2D eigenvalue weighted by Crippen LogP contribution is 2.16. The summed E-state index contributed by atoms with van der Waals surface area (Å²) in [5.41, 5.74) is -1.20. The minimum Gasteiger partial charge on any atom is -0.480 e. The van der Waals surface area contributed by atoms with Gasteiger partial charge in [0.1, 0.15) is 5.54 Å². The molecule has 0 aromatic carbocycles. The molecule has 2 amide bonds. The van der Waals surface area contributed by atoms with Gasteiger partial charge in [0.05, 0.1) is 0 Å². The average Bonchev–Trinajstić information content (AvgIpc) is 2.33. The summed E-state index contributed by atoms with van der Waals surface area (Å²) in [5.74, 6) is -0.994. The molecule has 0 aliphatic carbocycles. The molecule has 6 nitrogen and oxygen atoms in total. The van der Waals surface area contributed by atoms with Crippen LogP contribution in [-0.2, 0) is 4.79 Å². The van der Waals surface area contributed by atoms with Gasteiger partial charge in [-0.2, -0.15) is 0 Å². The van der Waals surface area contributed by atoms with Gasteiger partial charge in [0.15, 0.2) is 0 Å². The monoisotopic (exact) mass is 285 g/mol. The van der Waals surface area contributed by atoms with Crippen LogP contribution in [0.4, 0.5) is 4.79 Å². The van der Waals surface area contributed by atoms with Gasteiger partial charge in [-0.1, -0.05) is 13.3 Å². The first-order valence-corrected chi connectivity index (χ1v) is 7.30. The Balaban J connectivity index is 2.52. The van der Waals surface area contributed by atoms with Crippen molar-refractivity contribution in [3.63, 3.8) is 0 Å². The molecule has 1 aliphatic rings. The van der Waals surface area contributed by atoms with E-state index in [1.807, 2.05) is 6.92 Å². The van der Waals surface area contributed by atoms with Crippen LogP contribution in [0.3, 0.4) is 0 Å². The van der Waals surface area contributed by atoms with Gasteiger partial charge in [-0.05, 0) is 40.2 Å². The van der Waals surface area contributed by atoms with Crippen molar-refractivity contribution in [3.05, 3.63) is 0 Å². The number of rotatable bonds is 5.